The van der Waals surface area contributed by atoms with Gasteiger partial charge in [-0.05, 0) is 38.8 Å². The van der Waals surface area contributed by atoms with Crippen LogP contribution in [0.1, 0.15) is 45.6 Å². The third-order valence-electron chi connectivity index (χ3n) is 5.87. The number of anilines is 1. The molecule has 194 valence electrons. The zero-order chi connectivity index (χ0) is 25.2. The lowest BCUT2D eigenvalue weighted by Crippen LogP contribution is -2.28. The summed E-state index contributed by atoms with van der Waals surface area (Å²) in [4.78, 5) is 2.24. The van der Waals surface area contributed by atoms with Crippen LogP contribution in [0.3, 0.4) is 0 Å². The average molecular weight is 542 g/mol. The van der Waals surface area contributed by atoms with Crippen molar-refractivity contribution in [3.05, 3.63) is 23.8 Å². The van der Waals surface area contributed by atoms with Gasteiger partial charge in [0.25, 0.3) is 10.1 Å². The van der Waals surface area contributed by atoms with Crippen LogP contribution in [0.5, 0.6) is 0 Å². The van der Waals surface area contributed by atoms with Crippen molar-refractivity contribution in [2.75, 3.05) is 41.8 Å². The monoisotopic (exact) mass is 541 g/mol. The molecule has 0 unspecified atom stereocenters. The second kappa shape index (κ2) is 14.0. The molecule has 0 atom stereocenters. The topological polar surface area (TPSA) is 138 Å². The lowest BCUT2D eigenvalue weighted by atomic mass is 9.82. The number of benzene rings is 1. The van der Waals surface area contributed by atoms with Gasteiger partial charge in [0, 0.05) is 79.3 Å². The van der Waals surface area contributed by atoms with Crippen LogP contribution in [0, 0.1) is 0 Å². The molecular formula is C20H33N2O9S3+. The van der Waals surface area contributed by atoms with Crippen molar-refractivity contribution in [2.24, 2.45) is 0 Å². The third-order valence-corrected chi connectivity index (χ3v) is 7.90. The van der Waals surface area contributed by atoms with Gasteiger partial charge in [-0.2, -0.15) is 13.0 Å². The zero-order valence-corrected chi connectivity index (χ0v) is 22.0. The van der Waals surface area contributed by atoms with E-state index in [-0.39, 0.29) is 11.2 Å². The predicted octanol–water partition coefficient (Wildman–Crippen LogP) is 4.09. The van der Waals surface area contributed by atoms with E-state index in [0.717, 1.165) is 72.7 Å². The summed E-state index contributed by atoms with van der Waals surface area (Å²) < 4.78 is 42.4. The third kappa shape index (κ3) is 8.62. The molecule has 11 nitrogen and oxygen atoms in total. The summed E-state index contributed by atoms with van der Waals surface area (Å²) in [6.07, 6.45) is 1.89. The van der Waals surface area contributed by atoms with E-state index in [4.69, 9.17) is 15.1 Å². The SMILES string of the molecule is CC1=[N+](CCCS(=O)(=O)O)c2ccc(N(CCCSOOO)CCCSOOO)cc2C1(C)C. The van der Waals surface area contributed by atoms with Crippen LogP contribution in [-0.2, 0) is 34.3 Å². The first kappa shape index (κ1) is 29.3. The molecule has 0 amide bonds. The summed E-state index contributed by atoms with van der Waals surface area (Å²) in [5.41, 5.74) is 4.12. The van der Waals surface area contributed by atoms with Gasteiger partial charge in [-0.15, -0.1) is 8.67 Å². The lowest BCUT2D eigenvalue weighted by Gasteiger charge is -2.26. The van der Waals surface area contributed by atoms with E-state index in [0.29, 0.717) is 24.5 Å². The van der Waals surface area contributed by atoms with Crippen LogP contribution in [0.2, 0.25) is 0 Å². The summed E-state index contributed by atoms with van der Waals surface area (Å²) >= 11 is 2.03. The number of hydrogen-bond acceptors (Lipinski definition) is 11. The first-order valence-corrected chi connectivity index (χ1v) is 14.2. The Labute approximate surface area is 208 Å². The lowest BCUT2D eigenvalue weighted by molar-refractivity contribution is -0.438. The second-order valence-electron chi connectivity index (χ2n) is 8.33. The molecule has 1 aliphatic rings. The van der Waals surface area contributed by atoms with Crippen LogP contribution in [-0.4, -0.2) is 70.7 Å². The molecule has 1 aromatic carbocycles. The molecule has 0 aliphatic carbocycles. The van der Waals surface area contributed by atoms with Crippen LogP contribution in [0.25, 0.3) is 0 Å². The molecule has 0 fully saturated rings. The van der Waals surface area contributed by atoms with Gasteiger partial charge in [0.05, 0.1) is 11.2 Å². The van der Waals surface area contributed by atoms with Gasteiger partial charge in [-0.25, -0.2) is 10.5 Å². The standard InChI is InChI=1S/C20H32N2O9S3/c1-16-20(2,3)18-15-17(7-8-19(18)22(16)11-6-14-34(25,26)27)21(9-4-12-32-30-28-23)10-5-13-33-31-29-24/h7-8,15H,4-6,9-14H2,1-3H3,(H2-,23,24,25,26,27)/p+1. The van der Waals surface area contributed by atoms with Crippen molar-refractivity contribution in [1.82, 2.24) is 0 Å². The highest BCUT2D eigenvalue weighted by atomic mass is 32.2. The zero-order valence-electron chi connectivity index (χ0n) is 19.5. The van der Waals surface area contributed by atoms with Gasteiger partial charge >= 0.3 is 0 Å². The van der Waals surface area contributed by atoms with E-state index in [2.05, 4.69) is 54.2 Å². The second-order valence-corrected chi connectivity index (χ2v) is 11.5. The predicted molar refractivity (Wildman–Crippen MR) is 132 cm³/mol. The van der Waals surface area contributed by atoms with E-state index in [1.165, 1.54) is 0 Å². The fourth-order valence-corrected chi connectivity index (χ4v) is 5.18. The Bertz CT molecular complexity index is 912. The highest BCUT2D eigenvalue weighted by Gasteiger charge is 2.43. The van der Waals surface area contributed by atoms with Gasteiger partial charge in [0.2, 0.25) is 5.69 Å². The molecule has 1 aromatic rings. The smallest absolute Gasteiger partial charge is 0.265 e. The molecule has 1 heterocycles. The highest BCUT2D eigenvalue weighted by molar-refractivity contribution is 7.94. The normalized spacial score (nSPS) is 15.1. The Balaban J connectivity index is 2.17. The summed E-state index contributed by atoms with van der Waals surface area (Å²) in [7, 11) is -3.99. The molecule has 3 N–H and O–H groups in total. The van der Waals surface area contributed by atoms with Crippen LogP contribution in [0.15, 0.2) is 18.2 Å². The molecule has 0 radical (unpaired) electrons. The Morgan fingerprint density at radius 1 is 1.03 bits per heavy atom. The fourth-order valence-electron chi connectivity index (χ4n) is 3.97. The maximum absolute atomic E-state index is 11.1. The number of rotatable bonds is 17. The van der Waals surface area contributed by atoms with Gasteiger partial charge < -0.3 is 4.90 Å². The molecule has 0 saturated heterocycles. The van der Waals surface area contributed by atoms with E-state index in [1.807, 2.05) is 13.0 Å². The molecule has 0 bridgehead atoms. The largest absolute Gasteiger partial charge is 0.371 e. The highest BCUT2D eigenvalue weighted by Crippen LogP contribution is 2.41. The molecule has 0 saturated carbocycles. The minimum absolute atomic E-state index is 0.237. The van der Waals surface area contributed by atoms with E-state index < -0.39 is 10.1 Å². The van der Waals surface area contributed by atoms with Crippen molar-refractivity contribution in [2.45, 2.75) is 45.4 Å². The minimum Gasteiger partial charge on any atom is -0.371 e. The summed E-state index contributed by atoms with van der Waals surface area (Å²) in [5, 5.41) is 23.8. The van der Waals surface area contributed by atoms with Crippen molar-refractivity contribution in [3.8, 4) is 0 Å². The summed E-state index contributed by atoms with van der Waals surface area (Å²) in [6, 6.07) is 6.27. The maximum Gasteiger partial charge on any atom is 0.265 e. The number of hydrogen-bond donors (Lipinski definition) is 3. The first-order chi connectivity index (χ1) is 16.1. The van der Waals surface area contributed by atoms with Gasteiger partial charge in [0.15, 0.2) is 5.71 Å². The van der Waals surface area contributed by atoms with Gasteiger partial charge in [0.1, 0.15) is 6.54 Å². The van der Waals surface area contributed by atoms with Crippen LogP contribution >= 0.6 is 24.1 Å². The Hall–Kier alpha value is -0.940. The van der Waals surface area contributed by atoms with Crippen molar-refractivity contribution in [3.63, 3.8) is 0 Å². The number of fused-ring (bicyclic) bond motifs is 1. The molecule has 14 heteroatoms. The van der Waals surface area contributed by atoms with Crippen molar-refractivity contribution < 1.29 is 46.8 Å². The molecule has 1 aliphatic heterocycles. The number of nitrogens with zero attached hydrogens (tertiary/aromatic N) is 2. The van der Waals surface area contributed by atoms with Crippen LogP contribution in [0.4, 0.5) is 11.4 Å². The molecule has 34 heavy (non-hydrogen) atoms. The Morgan fingerprint density at radius 3 is 2.15 bits per heavy atom. The maximum atomic E-state index is 11.1. The van der Waals surface area contributed by atoms with E-state index in [9.17, 15) is 8.42 Å². The Morgan fingerprint density at radius 2 is 1.62 bits per heavy atom. The Kier molecular flexibility index (Phi) is 12.0. The summed E-state index contributed by atoms with van der Waals surface area (Å²) in [6.45, 7) is 8.31. The minimum atomic E-state index is -3.99. The summed E-state index contributed by atoms with van der Waals surface area (Å²) in [5.74, 6) is 0.973. The molecule has 0 aromatic heterocycles. The molecule has 2 rings (SSSR count). The molecule has 0 spiro atoms. The average Bonchev–Trinajstić information content (AvgIpc) is 2.97. The van der Waals surface area contributed by atoms with Gasteiger partial charge in [-0.3, -0.25) is 4.55 Å². The van der Waals surface area contributed by atoms with Gasteiger partial charge in [-0.1, -0.05) is 10.1 Å². The van der Waals surface area contributed by atoms with Crippen molar-refractivity contribution >= 4 is 51.3 Å². The van der Waals surface area contributed by atoms with Crippen LogP contribution < -0.4 is 4.90 Å². The van der Waals surface area contributed by atoms with E-state index in [1.54, 1.807) is 0 Å². The first-order valence-electron chi connectivity index (χ1n) is 10.8. The van der Waals surface area contributed by atoms with E-state index >= 15 is 0 Å². The quantitative estimate of drug-likeness (QED) is 0.0654. The molecular weight excluding hydrogens is 508 g/mol. The fraction of sp³-hybridized carbons (Fsp3) is 0.650. The van der Waals surface area contributed by atoms with Crippen molar-refractivity contribution in [1.29, 1.82) is 0 Å².